The Morgan fingerprint density at radius 1 is 1.11 bits per heavy atom. The maximum atomic E-state index is 9.41. The molecule has 2 aromatic carbocycles. The highest BCUT2D eigenvalue weighted by molar-refractivity contribution is 6.33. The van der Waals surface area contributed by atoms with Crippen molar-refractivity contribution in [1.82, 2.24) is 24.4 Å². The monoisotopic (exact) mass is 519 g/mol. The molecule has 4 aromatic rings. The Balaban J connectivity index is 1.28. The molecule has 0 atom stereocenters. The molecule has 8 nitrogen and oxygen atoms in total. The van der Waals surface area contributed by atoms with Gasteiger partial charge in [0, 0.05) is 25.2 Å². The van der Waals surface area contributed by atoms with Crippen LogP contribution in [0.2, 0.25) is 5.02 Å². The molecule has 0 amide bonds. The predicted molar refractivity (Wildman–Crippen MR) is 142 cm³/mol. The van der Waals surface area contributed by atoms with Crippen molar-refractivity contribution in [2.24, 2.45) is 0 Å². The molecule has 2 fully saturated rings. The van der Waals surface area contributed by atoms with E-state index in [1.807, 2.05) is 36.4 Å². The van der Waals surface area contributed by atoms with E-state index in [0.29, 0.717) is 46.8 Å². The quantitative estimate of drug-likeness (QED) is 0.307. The lowest BCUT2D eigenvalue weighted by Crippen LogP contribution is -2.50. The minimum absolute atomic E-state index is 0.177. The number of aliphatic hydroxyl groups excluding tert-OH is 1. The molecule has 2 aromatic heterocycles. The third-order valence-corrected chi connectivity index (χ3v) is 7.30. The predicted octanol–water partition coefficient (Wildman–Crippen LogP) is 4.57. The molecule has 192 valence electrons. The highest BCUT2D eigenvalue weighted by Crippen LogP contribution is 2.41. The van der Waals surface area contributed by atoms with Gasteiger partial charge in [-0.1, -0.05) is 41.9 Å². The van der Waals surface area contributed by atoms with E-state index in [0.717, 1.165) is 50.0 Å². The van der Waals surface area contributed by atoms with Crippen LogP contribution in [0.1, 0.15) is 31.7 Å². The number of hydrogen-bond donors (Lipinski definition) is 1. The number of fused-ring (bicyclic) bond motifs is 1. The second-order valence-electron chi connectivity index (χ2n) is 10.2. The first kappa shape index (κ1) is 24.2. The van der Waals surface area contributed by atoms with E-state index in [1.165, 1.54) is 6.33 Å². The lowest BCUT2D eigenvalue weighted by molar-refractivity contribution is 0.0000477. The molecule has 0 radical (unpaired) electrons. The number of imidazole rings is 1. The highest BCUT2D eigenvalue weighted by atomic mass is 35.5. The minimum atomic E-state index is -0.184. The SMILES string of the molecule is CC1(Oc2ncnc3c2nc(-c2ccc(OCCCN4CC(O)C4)cc2Cl)n3Cc2ccccc2)CC1. The molecule has 37 heavy (non-hydrogen) atoms. The first-order valence-electron chi connectivity index (χ1n) is 12.7. The number of aliphatic hydroxyl groups is 1. The van der Waals surface area contributed by atoms with Crippen molar-refractivity contribution < 1.29 is 14.6 Å². The van der Waals surface area contributed by atoms with Gasteiger partial charge in [-0.2, -0.15) is 4.98 Å². The Morgan fingerprint density at radius 2 is 1.92 bits per heavy atom. The number of benzene rings is 2. The molecular formula is C28H30ClN5O3. The summed E-state index contributed by atoms with van der Waals surface area (Å²) in [4.78, 5) is 16.2. The fraction of sp³-hybridized carbons (Fsp3) is 0.393. The summed E-state index contributed by atoms with van der Waals surface area (Å²) in [5.41, 5.74) is 3.08. The summed E-state index contributed by atoms with van der Waals surface area (Å²) < 4.78 is 14.2. The summed E-state index contributed by atoms with van der Waals surface area (Å²) in [6.45, 7) is 5.67. The van der Waals surface area contributed by atoms with Crippen LogP contribution in [0.25, 0.3) is 22.6 Å². The largest absolute Gasteiger partial charge is 0.493 e. The highest BCUT2D eigenvalue weighted by Gasteiger charge is 2.41. The lowest BCUT2D eigenvalue weighted by Gasteiger charge is -2.35. The number of likely N-dealkylation sites (tertiary alicyclic amines) is 1. The summed E-state index contributed by atoms with van der Waals surface area (Å²) >= 11 is 6.80. The summed E-state index contributed by atoms with van der Waals surface area (Å²) in [5.74, 6) is 1.93. The second kappa shape index (κ2) is 9.93. The molecular weight excluding hydrogens is 490 g/mol. The fourth-order valence-corrected chi connectivity index (χ4v) is 4.85. The van der Waals surface area contributed by atoms with Gasteiger partial charge in [-0.05, 0) is 49.9 Å². The molecule has 0 spiro atoms. The van der Waals surface area contributed by atoms with Gasteiger partial charge in [0.25, 0.3) is 0 Å². The molecule has 3 heterocycles. The van der Waals surface area contributed by atoms with Gasteiger partial charge in [0.05, 0.1) is 24.3 Å². The van der Waals surface area contributed by atoms with E-state index < -0.39 is 0 Å². The van der Waals surface area contributed by atoms with Crippen molar-refractivity contribution in [3.05, 3.63) is 65.4 Å². The van der Waals surface area contributed by atoms with Crippen LogP contribution in [0, 0.1) is 0 Å². The van der Waals surface area contributed by atoms with Crippen LogP contribution in [-0.2, 0) is 6.54 Å². The van der Waals surface area contributed by atoms with Gasteiger partial charge >= 0.3 is 0 Å². The molecule has 6 rings (SSSR count). The van der Waals surface area contributed by atoms with Crippen LogP contribution in [-0.4, -0.2) is 67.5 Å². The second-order valence-corrected chi connectivity index (χ2v) is 10.6. The number of halogens is 1. The van der Waals surface area contributed by atoms with Crippen molar-refractivity contribution in [3.63, 3.8) is 0 Å². The summed E-state index contributed by atoms with van der Waals surface area (Å²) in [6.07, 6.45) is 4.26. The molecule has 1 saturated heterocycles. The zero-order valence-corrected chi connectivity index (χ0v) is 21.6. The third kappa shape index (κ3) is 5.28. The topological polar surface area (TPSA) is 85.5 Å². The average Bonchev–Trinajstić information content (AvgIpc) is 3.49. The van der Waals surface area contributed by atoms with Gasteiger partial charge in [-0.3, -0.25) is 4.90 Å². The van der Waals surface area contributed by atoms with E-state index in [2.05, 4.69) is 38.5 Å². The molecule has 1 saturated carbocycles. The van der Waals surface area contributed by atoms with E-state index >= 15 is 0 Å². The third-order valence-electron chi connectivity index (χ3n) is 6.99. The first-order valence-corrected chi connectivity index (χ1v) is 13.1. The number of nitrogens with zero attached hydrogens (tertiary/aromatic N) is 5. The maximum Gasteiger partial charge on any atom is 0.245 e. The zero-order chi connectivity index (χ0) is 25.4. The Bertz CT molecular complexity index is 1400. The normalized spacial score (nSPS) is 17.1. The lowest BCUT2D eigenvalue weighted by atomic mass is 10.1. The van der Waals surface area contributed by atoms with E-state index in [4.69, 9.17) is 26.1 Å². The minimum Gasteiger partial charge on any atom is -0.493 e. The summed E-state index contributed by atoms with van der Waals surface area (Å²) in [5, 5.41) is 9.96. The standard InChI is InChI=1S/C28H30ClN5O3/c1-28(10-11-28)37-27-24-26(30-18-31-27)34(15-19-6-3-2-4-7-19)25(32-24)22-9-8-21(14-23(22)29)36-13-5-12-33-16-20(35)17-33/h2-4,6-9,14,18,20,35H,5,10-13,15-17H2,1H3. The van der Waals surface area contributed by atoms with Gasteiger partial charge in [0.15, 0.2) is 11.2 Å². The van der Waals surface area contributed by atoms with Crippen molar-refractivity contribution in [2.45, 2.75) is 44.4 Å². The maximum absolute atomic E-state index is 9.41. The summed E-state index contributed by atoms with van der Waals surface area (Å²) in [6, 6.07) is 15.9. The molecule has 1 aliphatic carbocycles. The fourth-order valence-electron chi connectivity index (χ4n) is 4.59. The van der Waals surface area contributed by atoms with Gasteiger partial charge in [0.1, 0.15) is 23.5 Å². The summed E-state index contributed by atoms with van der Waals surface area (Å²) in [7, 11) is 0. The van der Waals surface area contributed by atoms with E-state index in [1.54, 1.807) is 0 Å². The van der Waals surface area contributed by atoms with E-state index in [9.17, 15) is 5.11 Å². The number of hydrogen-bond acceptors (Lipinski definition) is 7. The Labute approximate surface area is 220 Å². The smallest absolute Gasteiger partial charge is 0.245 e. The molecule has 0 unspecified atom stereocenters. The molecule has 2 aliphatic rings. The number of ether oxygens (including phenoxy) is 2. The van der Waals surface area contributed by atoms with Crippen molar-refractivity contribution in [1.29, 1.82) is 0 Å². The molecule has 9 heteroatoms. The van der Waals surface area contributed by atoms with Crippen LogP contribution >= 0.6 is 11.6 Å². The van der Waals surface area contributed by atoms with E-state index in [-0.39, 0.29) is 11.7 Å². The van der Waals surface area contributed by atoms with Crippen LogP contribution in [0.15, 0.2) is 54.9 Å². The zero-order valence-electron chi connectivity index (χ0n) is 20.8. The van der Waals surface area contributed by atoms with Crippen molar-refractivity contribution in [2.75, 3.05) is 26.2 Å². The van der Waals surface area contributed by atoms with Gasteiger partial charge in [-0.25, -0.2) is 9.97 Å². The Kier molecular flexibility index (Phi) is 6.48. The van der Waals surface area contributed by atoms with Gasteiger partial charge in [0.2, 0.25) is 5.88 Å². The van der Waals surface area contributed by atoms with Crippen LogP contribution in [0.3, 0.4) is 0 Å². The molecule has 1 N–H and O–H groups in total. The Hall–Kier alpha value is -3.20. The van der Waals surface area contributed by atoms with Crippen molar-refractivity contribution >= 4 is 22.8 Å². The molecule has 1 aliphatic heterocycles. The van der Waals surface area contributed by atoms with Crippen LogP contribution < -0.4 is 9.47 Å². The number of rotatable bonds is 10. The first-order chi connectivity index (χ1) is 18.0. The van der Waals surface area contributed by atoms with Gasteiger partial charge < -0.3 is 19.1 Å². The van der Waals surface area contributed by atoms with Crippen molar-refractivity contribution in [3.8, 4) is 23.0 Å². The molecule has 0 bridgehead atoms. The number of aromatic nitrogens is 4. The number of β-amino-alcohol motifs (C(OH)–C–C–N with tert-alkyl or cyclic N) is 1. The van der Waals surface area contributed by atoms with Crippen LogP contribution in [0.5, 0.6) is 11.6 Å². The Morgan fingerprint density at radius 3 is 2.65 bits per heavy atom. The average molecular weight is 520 g/mol. The van der Waals surface area contributed by atoms with Gasteiger partial charge in [-0.15, -0.1) is 0 Å². The van der Waals surface area contributed by atoms with Crippen LogP contribution in [0.4, 0.5) is 0 Å².